The summed E-state index contributed by atoms with van der Waals surface area (Å²) in [6, 6.07) is 7.80. The van der Waals surface area contributed by atoms with Gasteiger partial charge >= 0.3 is 0 Å². The lowest BCUT2D eigenvalue weighted by molar-refractivity contribution is 0.0929. The highest BCUT2D eigenvalue weighted by Gasteiger charge is 2.29. The second kappa shape index (κ2) is 6.27. The fourth-order valence-corrected chi connectivity index (χ4v) is 3.34. The molecule has 7 nitrogen and oxygen atoms in total. The molecule has 1 fully saturated rings. The van der Waals surface area contributed by atoms with Gasteiger partial charge in [-0.3, -0.25) is 9.89 Å². The lowest BCUT2D eigenvalue weighted by Crippen LogP contribution is -2.38. The number of aromatic nitrogens is 5. The maximum atomic E-state index is 12.7. The second-order valence-corrected chi connectivity index (χ2v) is 6.00. The molecule has 0 aliphatic heterocycles. The number of rotatable bonds is 4. The third kappa shape index (κ3) is 2.80. The van der Waals surface area contributed by atoms with Gasteiger partial charge in [0.15, 0.2) is 5.82 Å². The highest BCUT2D eigenvalue weighted by Crippen LogP contribution is 2.30. The van der Waals surface area contributed by atoms with Crippen molar-refractivity contribution in [3.05, 3.63) is 54.9 Å². The van der Waals surface area contributed by atoms with E-state index in [1.54, 1.807) is 6.20 Å². The van der Waals surface area contributed by atoms with Crippen molar-refractivity contribution in [1.29, 1.82) is 0 Å². The monoisotopic (exact) mass is 322 g/mol. The van der Waals surface area contributed by atoms with Gasteiger partial charge in [-0.15, -0.1) is 0 Å². The zero-order chi connectivity index (χ0) is 16.4. The van der Waals surface area contributed by atoms with Crippen LogP contribution in [0.25, 0.3) is 11.4 Å². The third-order valence-corrected chi connectivity index (χ3v) is 4.52. The van der Waals surface area contributed by atoms with Crippen LogP contribution in [0.5, 0.6) is 0 Å². The minimum atomic E-state index is -0.0617. The molecule has 1 aliphatic rings. The van der Waals surface area contributed by atoms with Crippen LogP contribution in [-0.4, -0.2) is 36.7 Å². The number of benzene rings is 1. The Morgan fingerprint density at radius 3 is 3.08 bits per heavy atom. The maximum absolute atomic E-state index is 12.7. The lowest BCUT2D eigenvalue weighted by atomic mass is 10.1. The highest BCUT2D eigenvalue weighted by molar-refractivity contribution is 5.95. The topological polar surface area (TPSA) is 88.5 Å². The molecular formula is C17H18N6O. The lowest BCUT2D eigenvalue weighted by Gasteiger charge is -2.22. The number of imidazole rings is 1. The number of hydrogen-bond acceptors (Lipinski definition) is 4. The Morgan fingerprint density at radius 2 is 2.29 bits per heavy atom. The van der Waals surface area contributed by atoms with Crippen LogP contribution in [0.3, 0.4) is 0 Å². The Kier molecular flexibility index (Phi) is 3.82. The molecule has 2 N–H and O–H groups in total. The molecule has 1 amide bonds. The van der Waals surface area contributed by atoms with E-state index >= 15 is 0 Å². The van der Waals surface area contributed by atoms with Crippen LogP contribution in [0.15, 0.2) is 49.3 Å². The smallest absolute Gasteiger partial charge is 0.251 e. The van der Waals surface area contributed by atoms with Crippen LogP contribution in [-0.2, 0) is 0 Å². The van der Waals surface area contributed by atoms with Gasteiger partial charge in [-0.05, 0) is 31.4 Å². The van der Waals surface area contributed by atoms with Crippen molar-refractivity contribution < 1.29 is 4.79 Å². The summed E-state index contributed by atoms with van der Waals surface area (Å²) in [4.78, 5) is 20.9. The van der Waals surface area contributed by atoms with E-state index in [-0.39, 0.29) is 18.0 Å². The maximum Gasteiger partial charge on any atom is 0.251 e. The SMILES string of the molecule is O=C(N[C@@H]1CCC[C@@H]1n1ccnc1)c1cccc(-c2ncn[nH]2)c1. The predicted molar refractivity (Wildman–Crippen MR) is 88.2 cm³/mol. The van der Waals surface area contributed by atoms with Crippen LogP contribution in [0.1, 0.15) is 35.7 Å². The van der Waals surface area contributed by atoms with E-state index in [0.717, 1.165) is 24.8 Å². The van der Waals surface area contributed by atoms with E-state index in [4.69, 9.17) is 0 Å². The molecule has 2 aromatic heterocycles. The summed E-state index contributed by atoms with van der Waals surface area (Å²) < 4.78 is 2.09. The normalized spacial score (nSPS) is 20.2. The Bertz CT molecular complexity index is 811. The Hall–Kier alpha value is -2.96. The van der Waals surface area contributed by atoms with Crippen LogP contribution in [0.2, 0.25) is 0 Å². The molecule has 24 heavy (non-hydrogen) atoms. The molecule has 4 rings (SSSR count). The third-order valence-electron chi connectivity index (χ3n) is 4.52. The number of carbonyl (C=O) groups is 1. The standard InChI is InChI=1S/C17H18N6O/c24-17(13-4-1-3-12(9-13)16-19-10-20-22-16)21-14-5-2-6-15(14)23-8-7-18-11-23/h1,3-4,7-11,14-15H,2,5-6H2,(H,21,24)(H,19,20,22)/t14-,15+/m1/s1. The molecule has 1 aromatic carbocycles. The van der Waals surface area contributed by atoms with Gasteiger partial charge in [0.25, 0.3) is 5.91 Å². The number of nitrogens with zero attached hydrogens (tertiary/aromatic N) is 4. The fourth-order valence-electron chi connectivity index (χ4n) is 3.34. The highest BCUT2D eigenvalue weighted by atomic mass is 16.1. The molecule has 0 bridgehead atoms. The Morgan fingerprint density at radius 1 is 1.33 bits per heavy atom. The molecule has 0 radical (unpaired) electrons. The molecule has 1 saturated carbocycles. The number of hydrogen-bond donors (Lipinski definition) is 2. The Balaban J connectivity index is 1.51. The van der Waals surface area contributed by atoms with Crippen LogP contribution in [0, 0.1) is 0 Å². The van der Waals surface area contributed by atoms with E-state index in [9.17, 15) is 4.79 Å². The predicted octanol–water partition coefficient (Wildman–Crippen LogP) is 2.19. The minimum absolute atomic E-state index is 0.0617. The van der Waals surface area contributed by atoms with E-state index in [1.807, 2.05) is 36.8 Å². The first-order valence-corrected chi connectivity index (χ1v) is 8.05. The molecule has 3 aromatic rings. The van der Waals surface area contributed by atoms with Gasteiger partial charge in [0.1, 0.15) is 6.33 Å². The first-order chi connectivity index (χ1) is 11.8. The van der Waals surface area contributed by atoms with Crippen molar-refractivity contribution in [2.75, 3.05) is 0 Å². The Labute approximate surface area is 139 Å². The summed E-state index contributed by atoms with van der Waals surface area (Å²) in [7, 11) is 0. The number of H-pyrrole nitrogens is 1. The van der Waals surface area contributed by atoms with E-state index in [1.165, 1.54) is 6.33 Å². The van der Waals surface area contributed by atoms with E-state index < -0.39 is 0 Å². The van der Waals surface area contributed by atoms with Gasteiger partial charge in [0.2, 0.25) is 0 Å². The zero-order valence-corrected chi connectivity index (χ0v) is 13.1. The van der Waals surface area contributed by atoms with Crippen molar-refractivity contribution >= 4 is 5.91 Å². The average Bonchev–Trinajstić information content (AvgIpc) is 3.36. The largest absolute Gasteiger partial charge is 0.347 e. The summed E-state index contributed by atoms with van der Waals surface area (Å²) >= 11 is 0. The zero-order valence-electron chi connectivity index (χ0n) is 13.1. The quantitative estimate of drug-likeness (QED) is 0.770. The molecule has 0 unspecified atom stereocenters. The molecule has 7 heteroatoms. The second-order valence-electron chi connectivity index (χ2n) is 6.00. The molecule has 2 atom stereocenters. The van der Waals surface area contributed by atoms with Gasteiger partial charge < -0.3 is 9.88 Å². The van der Waals surface area contributed by atoms with Crippen LogP contribution in [0.4, 0.5) is 0 Å². The first kappa shape index (κ1) is 14.6. The number of nitrogens with one attached hydrogen (secondary N) is 2. The first-order valence-electron chi connectivity index (χ1n) is 8.05. The van der Waals surface area contributed by atoms with Gasteiger partial charge in [-0.2, -0.15) is 5.10 Å². The van der Waals surface area contributed by atoms with Crippen molar-refractivity contribution in [3.63, 3.8) is 0 Å². The van der Waals surface area contributed by atoms with Crippen LogP contribution >= 0.6 is 0 Å². The van der Waals surface area contributed by atoms with Gasteiger partial charge in [-0.1, -0.05) is 12.1 Å². The summed E-state index contributed by atoms with van der Waals surface area (Å²) in [5, 5.41) is 9.84. The van der Waals surface area contributed by atoms with Gasteiger partial charge in [0, 0.05) is 29.6 Å². The number of carbonyl (C=O) groups excluding carboxylic acids is 1. The van der Waals surface area contributed by atoms with E-state index in [2.05, 4.69) is 30.0 Å². The molecule has 1 aliphatic carbocycles. The van der Waals surface area contributed by atoms with E-state index in [0.29, 0.717) is 11.4 Å². The average molecular weight is 322 g/mol. The van der Waals surface area contributed by atoms with Gasteiger partial charge in [-0.25, -0.2) is 9.97 Å². The van der Waals surface area contributed by atoms with Crippen molar-refractivity contribution in [1.82, 2.24) is 30.0 Å². The molecule has 0 saturated heterocycles. The summed E-state index contributed by atoms with van der Waals surface area (Å²) in [5.41, 5.74) is 1.47. The molecule has 122 valence electrons. The molecule has 0 spiro atoms. The summed E-state index contributed by atoms with van der Waals surface area (Å²) in [6.45, 7) is 0. The minimum Gasteiger partial charge on any atom is -0.347 e. The molecule has 2 heterocycles. The molecular weight excluding hydrogens is 304 g/mol. The van der Waals surface area contributed by atoms with Crippen molar-refractivity contribution in [2.24, 2.45) is 0 Å². The number of amides is 1. The van der Waals surface area contributed by atoms with Gasteiger partial charge in [0.05, 0.1) is 12.4 Å². The number of aromatic amines is 1. The van der Waals surface area contributed by atoms with Crippen molar-refractivity contribution in [2.45, 2.75) is 31.3 Å². The fraction of sp³-hybridized carbons (Fsp3) is 0.294. The van der Waals surface area contributed by atoms with Crippen molar-refractivity contribution in [3.8, 4) is 11.4 Å². The van der Waals surface area contributed by atoms with Crippen LogP contribution < -0.4 is 5.32 Å². The summed E-state index contributed by atoms with van der Waals surface area (Å²) in [5.74, 6) is 0.593. The summed E-state index contributed by atoms with van der Waals surface area (Å²) in [6.07, 6.45) is 10.1.